The molecule has 0 bridgehead atoms. The summed E-state index contributed by atoms with van der Waals surface area (Å²) in [6.07, 6.45) is 2.96. The molecule has 1 N–H and O–H groups in total. The lowest BCUT2D eigenvalue weighted by atomic mass is 10.1. The average molecular weight is 337 g/mol. The molecule has 3 rings (SSSR count). The molecule has 1 aliphatic heterocycles. The maximum absolute atomic E-state index is 13.2. The van der Waals surface area contributed by atoms with Gasteiger partial charge in [-0.3, -0.25) is 4.79 Å². The minimum Gasteiger partial charge on any atom is -0.378 e. The van der Waals surface area contributed by atoms with E-state index in [1.807, 2.05) is 49.3 Å². The van der Waals surface area contributed by atoms with Crippen molar-refractivity contribution in [2.24, 2.45) is 4.99 Å². The number of amides is 1. The van der Waals surface area contributed by atoms with Crippen molar-refractivity contribution in [1.29, 1.82) is 0 Å². The van der Waals surface area contributed by atoms with Crippen LogP contribution in [-0.4, -0.2) is 25.8 Å². The molecule has 2 aromatic rings. The van der Waals surface area contributed by atoms with Crippen LogP contribution >= 0.6 is 0 Å². The van der Waals surface area contributed by atoms with Crippen molar-refractivity contribution in [2.75, 3.05) is 19.0 Å². The third-order valence-corrected chi connectivity index (χ3v) is 4.00. The second-order valence-electron chi connectivity index (χ2n) is 6.16. The SMILES string of the molecule is CN(C)c1ccc(/C=C2/N=C(CCc3cccc(F)c3)NC2=O)cc1. The first kappa shape index (κ1) is 16.9. The fourth-order valence-electron chi connectivity index (χ4n) is 2.62. The highest BCUT2D eigenvalue weighted by atomic mass is 19.1. The molecule has 0 atom stereocenters. The molecule has 4 nitrogen and oxygen atoms in total. The minimum atomic E-state index is -0.253. The number of benzene rings is 2. The molecule has 25 heavy (non-hydrogen) atoms. The average Bonchev–Trinajstić information content (AvgIpc) is 2.93. The van der Waals surface area contributed by atoms with E-state index in [-0.39, 0.29) is 11.7 Å². The zero-order chi connectivity index (χ0) is 17.8. The molecule has 1 amide bonds. The number of nitrogens with one attached hydrogen (secondary N) is 1. The van der Waals surface area contributed by atoms with Crippen molar-refractivity contribution in [2.45, 2.75) is 12.8 Å². The van der Waals surface area contributed by atoms with Crippen LogP contribution in [0, 0.1) is 5.82 Å². The summed E-state index contributed by atoms with van der Waals surface area (Å²) in [5, 5.41) is 2.78. The predicted molar refractivity (Wildman–Crippen MR) is 99.0 cm³/mol. The Hall–Kier alpha value is -2.95. The van der Waals surface area contributed by atoms with Gasteiger partial charge < -0.3 is 10.2 Å². The Bertz CT molecular complexity index is 838. The second kappa shape index (κ2) is 7.30. The summed E-state index contributed by atoms with van der Waals surface area (Å²) in [6.45, 7) is 0. The number of hydrogen-bond acceptors (Lipinski definition) is 3. The molecule has 128 valence electrons. The van der Waals surface area contributed by atoms with E-state index in [0.717, 1.165) is 16.8 Å². The van der Waals surface area contributed by atoms with Gasteiger partial charge >= 0.3 is 0 Å². The summed E-state index contributed by atoms with van der Waals surface area (Å²) < 4.78 is 13.2. The van der Waals surface area contributed by atoms with Crippen LogP contribution in [0.25, 0.3) is 6.08 Å². The van der Waals surface area contributed by atoms with E-state index in [2.05, 4.69) is 10.3 Å². The Balaban J connectivity index is 1.69. The number of hydrogen-bond donors (Lipinski definition) is 1. The first-order valence-corrected chi connectivity index (χ1v) is 8.14. The van der Waals surface area contributed by atoms with Gasteiger partial charge in [-0.15, -0.1) is 0 Å². The van der Waals surface area contributed by atoms with Crippen molar-refractivity contribution < 1.29 is 9.18 Å². The van der Waals surface area contributed by atoms with Crippen LogP contribution in [-0.2, 0) is 11.2 Å². The largest absolute Gasteiger partial charge is 0.378 e. The summed E-state index contributed by atoms with van der Waals surface area (Å²) in [7, 11) is 3.96. The Morgan fingerprint density at radius 2 is 1.88 bits per heavy atom. The second-order valence-corrected chi connectivity index (χ2v) is 6.16. The molecule has 0 aliphatic carbocycles. The number of aryl methyl sites for hydroxylation is 1. The molecule has 0 aromatic heterocycles. The monoisotopic (exact) mass is 337 g/mol. The number of rotatable bonds is 5. The Morgan fingerprint density at radius 1 is 1.12 bits per heavy atom. The van der Waals surface area contributed by atoms with Gasteiger partial charge in [0.1, 0.15) is 17.3 Å². The highest BCUT2D eigenvalue weighted by Crippen LogP contribution is 2.17. The van der Waals surface area contributed by atoms with Crippen molar-refractivity contribution >= 4 is 23.5 Å². The van der Waals surface area contributed by atoms with Crippen LogP contribution in [0.2, 0.25) is 0 Å². The normalized spacial score (nSPS) is 15.2. The van der Waals surface area contributed by atoms with Crippen LogP contribution in [0.3, 0.4) is 0 Å². The van der Waals surface area contributed by atoms with Gasteiger partial charge in [-0.2, -0.15) is 0 Å². The van der Waals surface area contributed by atoms with Crippen molar-refractivity contribution in [1.82, 2.24) is 5.32 Å². The summed E-state index contributed by atoms with van der Waals surface area (Å²) >= 11 is 0. The standard InChI is InChI=1S/C20H20FN3O/c1-24(2)17-9-6-15(7-10-17)13-18-20(25)23-19(22-18)11-8-14-4-3-5-16(21)12-14/h3-7,9-10,12-13H,8,11H2,1-2H3,(H,22,23,25)/b18-13+. The minimum absolute atomic E-state index is 0.203. The van der Waals surface area contributed by atoms with Gasteiger partial charge in [-0.1, -0.05) is 24.3 Å². The third-order valence-electron chi connectivity index (χ3n) is 4.00. The fourth-order valence-corrected chi connectivity index (χ4v) is 2.62. The van der Waals surface area contributed by atoms with E-state index in [1.165, 1.54) is 12.1 Å². The third kappa shape index (κ3) is 4.32. The van der Waals surface area contributed by atoms with Gasteiger partial charge in [0.15, 0.2) is 0 Å². The highest BCUT2D eigenvalue weighted by Gasteiger charge is 2.19. The zero-order valence-electron chi connectivity index (χ0n) is 14.3. The molecule has 1 heterocycles. The quantitative estimate of drug-likeness (QED) is 0.850. The molecule has 1 aliphatic rings. The molecule has 0 spiro atoms. The summed E-state index contributed by atoms with van der Waals surface area (Å²) in [5.41, 5.74) is 3.30. The van der Waals surface area contributed by atoms with E-state index in [4.69, 9.17) is 0 Å². The Kier molecular flexibility index (Phi) is 4.93. The van der Waals surface area contributed by atoms with Crippen molar-refractivity contribution in [3.63, 3.8) is 0 Å². The fraction of sp³-hybridized carbons (Fsp3) is 0.200. The lowest BCUT2D eigenvalue weighted by Crippen LogP contribution is -2.24. The van der Waals surface area contributed by atoms with E-state index in [0.29, 0.717) is 24.4 Å². The van der Waals surface area contributed by atoms with Crippen LogP contribution < -0.4 is 10.2 Å². The number of carbonyl (C=O) groups excluding carboxylic acids is 1. The van der Waals surface area contributed by atoms with Gasteiger partial charge in [0, 0.05) is 26.2 Å². The topological polar surface area (TPSA) is 44.7 Å². The van der Waals surface area contributed by atoms with E-state index < -0.39 is 0 Å². The molecule has 2 aromatic carbocycles. The van der Waals surface area contributed by atoms with E-state index >= 15 is 0 Å². The first-order valence-electron chi connectivity index (χ1n) is 8.14. The van der Waals surface area contributed by atoms with Crippen LogP contribution in [0.4, 0.5) is 10.1 Å². The smallest absolute Gasteiger partial charge is 0.275 e. The molecular weight excluding hydrogens is 317 g/mol. The Labute approximate surface area is 146 Å². The van der Waals surface area contributed by atoms with Crippen molar-refractivity contribution in [3.8, 4) is 0 Å². The number of halogens is 1. The summed E-state index contributed by atoms with van der Waals surface area (Å²) in [6, 6.07) is 14.4. The zero-order valence-corrected chi connectivity index (χ0v) is 14.3. The number of aliphatic imine (C=N–C) groups is 1. The number of amidine groups is 1. The lowest BCUT2D eigenvalue weighted by Gasteiger charge is -2.11. The Morgan fingerprint density at radius 3 is 2.56 bits per heavy atom. The van der Waals surface area contributed by atoms with Crippen LogP contribution in [0.5, 0.6) is 0 Å². The van der Waals surface area contributed by atoms with E-state index in [1.54, 1.807) is 12.1 Å². The maximum atomic E-state index is 13.2. The predicted octanol–water partition coefficient (Wildman–Crippen LogP) is 3.39. The molecule has 0 unspecified atom stereocenters. The molecular formula is C20H20FN3O. The van der Waals surface area contributed by atoms with Crippen LogP contribution in [0.15, 0.2) is 59.2 Å². The van der Waals surface area contributed by atoms with Gasteiger partial charge in [-0.05, 0) is 47.9 Å². The number of nitrogens with zero attached hydrogens (tertiary/aromatic N) is 2. The van der Waals surface area contributed by atoms with Gasteiger partial charge in [0.2, 0.25) is 0 Å². The molecule has 5 heteroatoms. The highest BCUT2D eigenvalue weighted by molar-refractivity contribution is 6.14. The maximum Gasteiger partial charge on any atom is 0.275 e. The van der Waals surface area contributed by atoms with Crippen molar-refractivity contribution in [3.05, 3.63) is 71.2 Å². The molecule has 0 radical (unpaired) electrons. The van der Waals surface area contributed by atoms with Gasteiger partial charge in [0.25, 0.3) is 5.91 Å². The summed E-state index contributed by atoms with van der Waals surface area (Å²) in [5.74, 6) is 0.160. The first-order chi connectivity index (χ1) is 12.0. The molecule has 0 saturated carbocycles. The molecule has 0 fully saturated rings. The lowest BCUT2D eigenvalue weighted by molar-refractivity contribution is -0.115. The molecule has 0 saturated heterocycles. The summed E-state index contributed by atoms with van der Waals surface area (Å²) in [4.78, 5) is 18.5. The van der Waals surface area contributed by atoms with Gasteiger partial charge in [-0.25, -0.2) is 9.38 Å². The van der Waals surface area contributed by atoms with Crippen LogP contribution in [0.1, 0.15) is 17.5 Å². The van der Waals surface area contributed by atoms with E-state index in [9.17, 15) is 9.18 Å². The number of carbonyl (C=O) groups is 1. The number of anilines is 1. The van der Waals surface area contributed by atoms with Gasteiger partial charge in [0.05, 0.1) is 0 Å².